The van der Waals surface area contributed by atoms with Crippen molar-refractivity contribution in [3.05, 3.63) is 35.6 Å². The van der Waals surface area contributed by atoms with E-state index in [0.717, 1.165) is 5.56 Å². The lowest BCUT2D eigenvalue weighted by Crippen LogP contribution is -2.44. The molecule has 1 N–H and O–H groups in total. The van der Waals surface area contributed by atoms with Crippen LogP contribution in [0.2, 0.25) is 0 Å². The van der Waals surface area contributed by atoms with E-state index in [1.165, 1.54) is 19.2 Å². The van der Waals surface area contributed by atoms with Crippen molar-refractivity contribution in [1.29, 1.82) is 0 Å². The molecule has 0 fully saturated rings. The number of esters is 1. The van der Waals surface area contributed by atoms with Crippen LogP contribution in [0, 0.1) is 11.7 Å². The molecule has 1 aliphatic rings. The van der Waals surface area contributed by atoms with Crippen LogP contribution >= 0.6 is 12.2 Å². The van der Waals surface area contributed by atoms with Gasteiger partial charge in [-0.3, -0.25) is 4.79 Å². The number of thiocarbonyl (C=S) groups is 1. The van der Waals surface area contributed by atoms with Crippen molar-refractivity contribution in [2.75, 3.05) is 20.3 Å². The minimum absolute atomic E-state index is 0.166. The Morgan fingerprint density at radius 3 is 2.68 bits per heavy atom. The summed E-state index contributed by atoms with van der Waals surface area (Å²) in [6.45, 7) is 2.22. The number of aliphatic imine (C=N–C) groups is 1. The fraction of sp³-hybridized carbons (Fsp3) is 0.400. The number of hydrogen-bond acceptors (Lipinski definition) is 4. The Kier molecular flexibility index (Phi) is 5.57. The maximum atomic E-state index is 13.1. The summed E-state index contributed by atoms with van der Waals surface area (Å²) in [5.74, 6) is -1.37. The number of nitrogens with zero attached hydrogens (tertiary/aromatic N) is 1. The summed E-state index contributed by atoms with van der Waals surface area (Å²) < 4.78 is 23.2. The van der Waals surface area contributed by atoms with Gasteiger partial charge in [0.15, 0.2) is 5.11 Å². The third-order valence-electron chi connectivity index (χ3n) is 3.36. The lowest BCUT2D eigenvalue weighted by atomic mass is 9.88. The summed E-state index contributed by atoms with van der Waals surface area (Å²) in [4.78, 5) is 16.5. The second kappa shape index (κ2) is 7.42. The molecule has 1 aromatic carbocycles. The lowest BCUT2D eigenvalue weighted by molar-refractivity contribution is -0.148. The first kappa shape index (κ1) is 16.5. The second-order valence-electron chi connectivity index (χ2n) is 4.87. The Hall–Kier alpha value is -1.86. The van der Waals surface area contributed by atoms with Crippen molar-refractivity contribution < 1.29 is 18.7 Å². The zero-order chi connectivity index (χ0) is 16.1. The number of halogens is 1. The highest BCUT2D eigenvalue weighted by Crippen LogP contribution is 2.28. The first-order valence-electron chi connectivity index (χ1n) is 6.79. The van der Waals surface area contributed by atoms with Gasteiger partial charge in [0.2, 0.25) is 0 Å². The molecular weight excluding hydrogens is 307 g/mol. The molecule has 7 heteroatoms. The van der Waals surface area contributed by atoms with Crippen LogP contribution in [-0.2, 0) is 14.3 Å². The van der Waals surface area contributed by atoms with E-state index in [1.807, 2.05) is 0 Å². The number of rotatable bonds is 5. The molecule has 0 aromatic heterocycles. The van der Waals surface area contributed by atoms with Crippen LogP contribution in [0.1, 0.15) is 18.5 Å². The molecule has 5 nitrogen and oxygen atoms in total. The van der Waals surface area contributed by atoms with Gasteiger partial charge in [0.1, 0.15) is 18.3 Å². The van der Waals surface area contributed by atoms with Crippen LogP contribution in [0.25, 0.3) is 0 Å². The van der Waals surface area contributed by atoms with Crippen LogP contribution < -0.4 is 5.32 Å². The summed E-state index contributed by atoms with van der Waals surface area (Å²) in [6, 6.07) is 5.48. The van der Waals surface area contributed by atoms with Crippen LogP contribution in [-0.4, -0.2) is 37.1 Å². The molecule has 2 rings (SSSR count). The van der Waals surface area contributed by atoms with E-state index in [-0.39, 0.29) is 12.4 Å². The Bertz CT molecular complexity index is 589. The minimum atomic E-state index is -0.617. The maximum absolute atomic E-state index is 13.1. The van der Waals surface area contributed by atoms with Crippen molar-refractivity contribution >= 4 is 29.0 Å². The largest absolute Gasteiger partial charge is 0.463 e. The molecule has 0 amide bonds. The van der Waals surface area contributed by atoms with Crippen LogP contribution in [0.15, 0.2) is 29.3 Å². The molecule has 0 aliphatic carbocycles. The van der Waals surface area contributed by atoms with E-state index in [0.29, 0.717) is 17.4 Å². The van der Waals surface area contributed by atoms with Gasteiger partial charge in [0.05, 0.1) is 12.6 Å². The molecule has 2 atom stereocenters. The predicted molar refractivity (Wildman–Crippen MR) is 84.3 cm³/mol. The van der Waals surface area contributed by atoms with Gasteiger partial charge >= 0.3 is 5.97 Å². The van der Waals surface area contributed by atoms with Gasteiger partial charge in [0, 0.05) is 12.8 Å². The zero-order valence-corrected chi connectivity index (χ0v) is 13.2. The average Bonchev–Trinajstić information content (AvgIpc) is 2.47. The van der Waals surface area contributed by atoms with Crippen LogP contribution in [0.5, 0.6) is 0 Å². The maximum Gasteiger partial charge on any atom is 0.317 e. The second-order valence-corrected chi connectivity index (χ2v) is 5.26. The highest BCUT2D eigenvalue weighted by atomic mass is 32.1. The monoisotopic (exact) mass is 324 g/mol. The fourth-order valence-corrected chi connectivity index (χ4v) is 2.56. The Balaban J connectivity index is 2.24. The smallest absolute Gasteiger partial charge is 0.317 e. The van der Waals surface area contributed by atoms with Crippen molar-refractivity contribution in [2.24, 2.45) is 10.9 Å². The standard InChI is InChI=1S/C15H17FN2O3S/c1-9-12(14(19)21-8-7-20-2)13(18-15(22)17-9)10-3-5-11(16)6-4-10/h3-6,12-13H,7-8H2,1-2H3,(H,18,22). The third kappa shape index (κ3) is 3.86. The fourth-order valence-electron chi connectivity index (χ4n) is 2.29. The first-order valence-corrected chi connectivity index (χ1v) is 7.20. The van der Waals surface area contributed by atoms with Gasteiger partial charge in [0.25, 0.3) is 0 Å². The minimum Gasteiger partial charge on any atom is -0.463 e. The van der Waals surface area contributed by atoms with Crippen molar-refractivity contribution in [1.82, 2.24) is 5.32 Å². The molecule has 118 valence electrons. The molecular formula is C15H17FN2O3S. The molecule has 0 spiro atoms. The number of nitrogens with one attached hydrogen (secondary N) is 1. The first-order chi connectivity index (χ1) is 10.5. The van der Waals surface area contributed by atoms with E-state index in [2.05, 4.69) is 10.3 Å². The Morgan fingerprint density at radius 1 is 1.36 bits per heavy atom. The topological polar surface area (TPSA) is 59.9 Å². The number of ether oxygens (including phenoxy) is 2. The summed E-state index contributed by atoms with van der Waals surface area (Å²) in [7, 11) is 1.53. The van der Waals surface area contributed by atoms with Gasteiger partial charge < -0.3 is 14.8 Å². The Morgan fingerprint density at radius 2 is 2.05 bits per heavy atom. The zero-order valence-electron chi connectivity index (χ0n) is 12.3. The summed E-state index contributed by atoms with van der Waals surface area (Å²) >= 11 is 5.09. The molecule has 1 aliphatic heterocycles. The number of carbonyl (C=O) groups excluding carboxylic acids is 1. The van der Waals surface area contributed by atoms with Gasteiger partial charge in [-0.15, -0.1) is 0 Å². The number of methoxy groups -OCH3 is 1. The van der Waals surface area contributed by atoms with E-state index in [9.17, 15) is 9.18 Å². The van der Waals surface area contributed by atoms with E-state index >= 15 is 0 Å². The van der Waals surface area contributed by atoms with E-state index in [1.54, 1.807) is 19.1 Å². The normalized spacial score (nSPS) is 21.0. The molecule has 0 bridgehead atoms. The summed E-state index contributed by atoms with van der Waals surface area (Å²) in [5, 5.41) is 3.29. The number of hydrogen-bond donors (Lipinski definition) is 1. The molecule has 2 unspecified atom stereocenters. The van der Waals surface area contributed by atoms with Crippen molar-refractivity contribution in [3.8, 4) is 0 Å². The van der Waals surface area contributed by atoms with E-state index < -0.39 is 17.9 Å². The van der Waals surface area contributed by atoms with Crippen molar-refractivity contribution in [3.63, 3.8) is 0 Å². The lowest BCUT2D eigenvalue weighted by Gasteiger charge is -2.31. The quantitative estimate of drug-likeness (QED) is 0.510. The molecule has 1 aromatic rings. The molecule has 0 saturated heterocycles. The summed E-state index contributed by atoms with van der Waals surface area (Å²) in [5.41, 5.74) is 1.31. The summed E-state index contributed by atoms with van der Waals surface area (Å²) in [6.07, 6.45) is 0. The van der Waals surface area contributed by atoms with Crippen LogP contribution in [0.3, 0.4) is 0 Å². The highest BCUT2D eigenvalue weighted by molar-refractivity contribution is 7.80. The molecule has 0 saturated carbocycles. The van der Waals surface area contributed by atoms with E-state index in [4.69, 9.17) is 21.7 Å². The Labute approximate surface area is 133 Å². The average molecular weight is 324 g/mol. The van der Waals surface area contributed by atoms with Gasteiger partial charge in [-0.2, -0.15) is 0 Å². The van der Waals surface area contributed by atoms with Gasteiger partial charge in [-0.05, 0) is 36.8 Å². The number of carbonyl (C=O) groups is 1. The molecule has 0 radical (unpaired) electrons. The SMILES string of the molecule is COCCOC(=O)C1C(C)=NC(=S)NC1c1ccc(F)cc1. The van der Waals surface area contributed by atoms with Gasteiger partial charge in [-0.25, -0.2) is 9.38 Å². The molecule has 22 heavy (non-hydrogen) atoms. The molecule has 1 heterocycles. The van der Waals surface area contributed by atoms with Crippen LogP contribution in [0.4, 0.5) is 4.39 Å². The third-order valence-corrected chi connectivity index (χ3v) is 3.56. The predicted octanol–water partition coefficient (Wildman–Crippen LogP) is 2.02. The highest BCUT2D eigenvalue weighted by Gasteiger charge is 2.36. The number of benzene rings is 1. The van der Waals surface area contributed by atoms with Crippen molar-refractivity contribution in [2.45, 2.75) is 13.0 Å². The van der Waals surface area contributed by atoms with Gasteiger partial charge in [-0.1, -0.05) is 12.1 Å².